The van der Waals surface area contributed by atoms with Gasteiger partial charge >= 0.3 is 0 Å². The summed E-state index contributed by atoms with van der Waals surface area (Å²) in [6.45, 7) is 5.25. The Morgan fingerprint density at radius 2 is 2.27 bits per heavy atom. The Morgan fingerprint density at radius 1 is 1.40 bits per heavy atom. The molecule has 0 fully saturated rings. The van der Waals surface area contributed by atoms with Gasteiger partial charge in [0.1, 0.15) is 0 Å². The van der Waals surface area contributed by atoms with Crippen LogP contribution < -0.4 is 10.6 Å². The Bertz CT molecular complexity index is 333. The van der Waals surface area contributed by atoms with Gasteiger partial charge in [0.25, 0.3) is 0 Å². The van der Waals surface area contributed by atoms with E-state index in [4.69, 9.17) is 5.73 Å². The minimum absolute atomic E-state index is 0.646. The maximum atomic E-state index is 5.68. The molecule has 2 heteroatoms. The molecule has 0 aliphatic carbocycles. The molecule has 1 aliphatic heterocycles. The molecule has 0 radical (unpaired) electrons. The fraction of sp³-hybridized carbons (Fsp3) is 0.538. The molecule has 1 aromatic rings. The van der Waals surface area contributed by atoms with Crippen LogP contribution in [0.25, 0.3) is 0 Å². The fourth-order valence-electron chi connectivity index (χ4n) is 2.33. The lowest BCUT2D eigenvalue weighted by Gasteiger charge is -2.31. The van der Waals surface area contributed by atoms with Crippen molar-refractivity contribution in [3.8, 4) is 0 Å². The van der Waals surface area contributed by atoms with E-state index >= 15 is 0 Å². The Labute approximate surface area is 92.1 Å². The van der Waals surface area contributed by atoms with Gasteiger partial charge in [0.15, 0.2) is 0 Å². The molecule has 15 heavy (non-hydrogen) atoms. The summed E-state index contributed by atoms with van der Waals surface area (Å²) < 4.78 is 0. The van der Waals surface area contributed by atoms with Gasteiger partial charge in [-0.1, -0.05) is 19.1 Å². The lowest BCUT2D eigenvalue weighted by molar-refractivity contribution is 0.680. The van der Waals surface area contributed by atoms with E-state index in [1.807, 2.05) is 0 Å². The van der Waals surface area contributed by atoms with Crippen molar-refractivity contribution < 1.29 is 0 Å². The van der Waals surface area contributed by atoms with Gasteiger partial charge in [0, 0.05) is 25.3 Å². The average molecular weight is 204 g/mol. The van der Waals surface area contributed by atoms with Crippen molar-refractivity contribution in [3.63, 3.8) is 0 Å². The van der Waals surface area contributed by atoms with E-state index in [1.165, 1.54) is 49.2 Å². The van der Waals surface area contributed by atoms with Crippen LogP contribution in [0.2, 0.25) is 0 Å². The number of aryl methyl sites for hydroxylation is 1. The average Bonchev–Trinajstić information content (AvgIpc) is 2.29. The minimum atomic E-state index is 0.646. The highest BCUT2D eigenvalue weighted by Crippen LogP contribution is 2.28. The van der Waals surface area contributed by atoms with Gasteiger partial charge in [-0.15, -0.1) is 0 Å². The fourth-order valence-corrected chi connectivity index (χ4v) is 2.33. The van der Waals surface area contributed by atoms with E-state index in [0.29, 0.717) is 6.54 Å². The second-order valence-electron chi connectivity index (χ2n) is 4.26. The van der Waals surface area contributed by atoms with Crippen LogP contribution in [0.3, 0.4) is 0 Å². The molecule has 0 spiro atoms. The molecule has 0 saturated heterocycles. The molecule has 1 aromatic carbocycles. The van der Waals surface area contributed by atoms with Crippen LogP contribution >= 0.6 is 0 Å². The highest BCUT2D eigenvalue weighted by atomic mass is 15.1. The van der Waals surface area contributed by atoms with Crippen molar-refractivity contribution >= 4 is 5.69 Å². The summed E-state index contributed by atoms with van der Waals surface area (Å²) in [7, 11) is 0. The van der Waals surface area contributed by atoms with E-state index in [-0.39, 0.29) is 0 Å². The number of hydrogen-bond donors (Lipinski definition) is 1. The van der Waals surface area contributed by atoms with Gasteiger partial charge in [-0.05, 0) is 36.5 Å². The maximum absolute atomic E-state index is 5.68. The zero-order chi connectivity index (χ0) is 10.7. The zero-order valence-corrected chi connectivity index (χ0v) is 9.50. The molecular weight excluding hydrogens is 184 g/mol. The van der Waals surface area contributed by atoms with Gasteiger partial charge in [0.05, 0.1) is 0 Å². The molecule has 2 N–H and O–H groups in total. The van der Waals surface area contributed by atoms with E-state index in [9.17, 15) is 0 Å². The van der Waals surface area contributed by atoms with E-state index < -0.39 is 0 Å². The number of nitrogens with zero attached hydrogens (tertiary/aromatic N) is 1. The van der Waals surface area contributed by atoms with E-state index in [0.717, 1.165) is 0 Å². The Kier molecular flexibility index (Phi) is 3.27. The lowest BCUT2D eigenvalue weighted by Crippen LogP contribution is -2.30. The summed E-state index contributed by atoms with van der Waals surface area (Å²) in [6, 6.07) is 6.68. The van der Waals surface area contributed by atoms with Crippen LogP contribution in [-0.2, 0) is 13.0 Å². The summed E-state index contributed by atoms with van der Waals surface area (Å²) in [5, 5.41) is 0. The molecule has 0 unspecified atom stereocenters. The summed E-state index contributed by atoms with van der Waals surface area (Å²) in [4.78, 5) is 2.50. The Morgan fingerprint density at radius 3 is 3.00 bits per heavy atom. The smallest absolute Gasteiger partial charge is 0.0402 e. The number of rotatable bonds is 3. The molecule has 0 amide bonds. The highest BCUT2D eigenvalue weighted by Gasteiger charge is 2.15. The third-order valence-electron chi connectivity index (χ3n) is 3.09. The summed E-state index contributed by atoms with van der Waals surface area (Å²) in [5.74, 6) is 0. The van der Waals surface area contributed by atoms with Crippen LogP contribution in [0.4, 0.5) is 5.69 Å². The maximum Gasteiger partial charge on any atom is 0.0402 e. The predicted molar refractivity (Wildman–Crippen MR) is 65.2 cm³/mol. The number of hydrogen-bond acceptors (Lipinski definition) is 2. The topological polar surface area (TPSA) is 29.3 Å². The third-order valence-corrected chi connectivity index (χ3v) is 3.09. The molecule has 0 aromatic heterocycles. The van der Waals surface area contributed by atoms with E-state index in [1.54, 1.807) is 0 Å². The van der Waals surface area contributed by atoms with Crippen LogP contribution in [0, 0.1) is 0 Å². The first kappa shape index (κ1) is 10.5. The van der Waals surface area contributed by atoms with Gasteiger partial charge < -0.3 is 10.6 Å². The van der Waals surface area contributed by atoms with Crippen molar-refractivity contribution in [1.29, 1.82) is 0 Å². The molecule has 1 aliphatic rings. The van der Waals surface area contributed by atoms with Gasteiger partial charge in [-0.2, -0.15) is 0 Å². The van der Waals surface area contributed by atoms with Gasteiger partial charge in [-0.25, -0.2) is 0 Å². The zero-order valence-electron chi connectivity index (χ0n) is 9.50. The van der Waals surface area contributed by atoms with Crippen molar-refractivity contribution in [2.45, 2.75) is 32.7 Å². The van der Waals surface area contributed by atoms with Crippen molar-refractivity contribution in [2.75, 3.05) is 18.0 Å². The Hall–Kier alpha value is -1.02. The van der Waals surface area contributed by atoms with Crippen LogP contribution in [-0.4, -0.2) is 13.1 Å². The third kappa shape index (κ3) is 2.15. The monoisotopic (exact) mass is 204 g/mol. The van der Waals surface area contributed by atoms with Crippen LogP contribution in [0.15, 0.2) is 18.2 Å². The number of fused-ring (bicyclic) bond motifs is 1. The molecule has 0 atom stereocenters. The molecular formula is C13H20N2. The quantitative estimate of drug-likeness (QED) is 0.818. The van der Waals surface area contributed by atoms with Crippen LogP contribution in [0.1, 0.15) is 30.9 Å². The van der Waals surface area contributed by atoms with E-state index in [2.05, 4.69) is 30.0 Å². The summed E-state index contributed by atoms with van der Waals surface area (Å²) in [5.41, 5.74) is 9.85. The number of nitrogens with two attached hydrogens (primary N) is 1. The second kappa shape index (κ2) is 4.67. The lowest BCUT2D eigenvalue weighted by atomic mass is 9.99. The molecule has 0 saturated carbocycles. The van der Waals surface area contributed by atoms with Crippen molar-refractivity contribution in [1.82, 2.24) is 0 Å². The predicted octanol–water partition coefficient (Wildman–Crippen LogP) is 2.31. The first-order chi connectivity index (χ1) is 7.35. The molecule has 2 nitrogen and oxygen atoms in total. The molecule has 1 heterocycles. The molecule has 0 bridgehead atoms. The van der Waals surface area contributed by atoms with Gasteiger partial charge in [-0.3, -0.25) is 0 Å². The normalized spacial score (nSPS) is 15.2. The standard InChI is InChI=1S/C13H20N2/c1-2-7-15-8-3-4-12-6-5-11(10-14)9-13(12)15/h5-6,9H,2-4,7-8,10,14H2,1H3. The number of anilines is 1. The molecule has 2 rings (SSSR count). The first-order valence-electron chi connectivity index (χ1n) is 5.92. The SMILES string of the molecule is CCCN1CCCc2ccc(CN)cc21. The minimum Gasteiger partial charge on any atom is -0.371 e. The Balaban J connectivity index is 2.30. The highest BCUT2D eigenvalue weighted by molar-refractivity contribution is 5.57. The first-order valence-corrected chi connectivity index (χ1v) is 5.92. The number of benzene rings is 1. The van der Waals surface area contributed by atoms with Crippen molar-refractivity contribution in [3.05, 3.63) is 29.3 Å². The van der Waals surface area contributed by atoms with Crippen molar-refractivity contribution in [2.24, 2.45) is 5.73 Å². The molecule has 82 valence electrons. The van der Waals surface area contributed by atoms with Gasteiger partial charge in [0.2, 0.25) is 0 Å². The summed E-state index contributed by atoms with van der Waals surface area (Å²) in [6.07, 6.45) is 3.72. The van der Waals surface area contributed by atoms with Crippen LogP contribution in [0.5, 0.6) is 0 Å². The second-order valence-corrected chi connectivity index (χ2v) is 4.26. The largest absolute Gasteiger partial charge is 0.371 e. The summed E-state index contributed by atoms with van der Waals surface area (Å²) >= 11 is 0.